The lowest BCUT2D eigenvalue weighted by Gasteiger charge is -2.06. The minimum absolute atomic E-state index is 0.0113. The lowest BCUT2D eigenvalue weighted by atomic mass is 10.1. The molecular formula is C13H10FN3O3. The zero-order valence-electron chi connectivity index (χ0n) is 10.5. The Morgan fingerprint density at radius 3 is 2.75 bits per heavy atom. The van der Waals surface area contributed by atoms with E-state index >= 15 is 0 Å². The Morgan fingerprint density at radius 2 is 2.15 bits per heavy atom. The molecule has 0 radical (unpaired) electrons. The van der Waals surface area contributed by atoms with Crippen LogP contribution in [0.15, 0.2) is 36.5 Å². The maximum absolute atomic E-state index is 13.7. The smallest absolute Gasteiger partial charge is 0.272 e. The van der Waals surface area contributed by atoms with Crippen molar-refractivity contribution in [2.45, 2.75) is 6.92 Å². The van der Waals surface area contributed by atoms with E-state index in [9.17, 15) is 19.3 Å². The number of nitrogens with zero attached hydrogens (tertiary/aromatic N) is 2. The van der Waals surface area contributed by atoms with Crippen molar-refractivity contribution in [2.24, 2.45) is 0 Å². The number of nitro benzene ring substituents is 1. The van der Waals surface area contributed by atoms with Gasteiger partial charge < -0.3 is 5.32 Å². The third kappa shape index (κ3) is 2.94. The van der Waals surface area contributed by atoms with Crippen LogP contribution in [0.25, 0.3) is 11.3 Å². The first-order valence-electron chi connectivity index (χ1n) is 5.65. The molecule has 1 aromatic heterocycles. The van der Waals surface area contributed by atoms with Gasteiger partial charge in [0, 0.05) is 36.5 Å². The minimum atomic E-state index is -0.615. The highest BCUT2D eigenvalue weighted by atomic mass is 19.1. The van der Waals surface area contributed by atoms with Gasteiger partial charge in [-0.3, -0.25) is 19.9 Å². The molecule has 0 unspecified atom stereocenters. The number of amides is 1. The van der Waals surface area contributed by atoms with Gasteiger partial charge in [-0.2, -0.15) is 0 Å². The van der Waals surface area contributed by atoms with Crippen LogP contribution >= 0.6 is 0 Å². The van der Waals surface area contributed by atoms with Crippen molar-refractivity contribution in [1.82, 2.24) is 4.98 Å². The molecule has 2 aromatic rings. The summed E-state index contributed by atoms with van der Waals surface area (Å²) in [6.07, 6.45) is 1.38. The van der Waals surface area contributed by atoms with Gasteiger partial charge in [0.25, 0.3) is 5.69 Å². The Kier molecular flexibility index (Phi) is 3.69. The zero-order chi connectivity index (χ0) is 14.7. The molecule has 102 valence electrons. The zero-order valence-corrected chi connectivity index (χ0v) is 10.5. The van der Waals surface area contributed by atoms with Crippen LogP contribution in [0.2, 0.25) is 0 Å². The number of carbonyl (C=O) groups excluding carboxylic acids is 1. The van der Waals surface area contributed by atoms with Crippen molar-refractivity contribution in [2.75, 3.05) is 5.32 Å². The molecule has 1 aromatic carbocycles. The number of nitrogens with one attached hydrogen (secondary N) is 1. The van der Waals surface area contributed by atoms with Gasteiger partial charge >= 0.3 is 0 Å². The van der Waals surface area contributed by atoms with E-state index < -0.39 is 10.7 Å². The third-order valence-corrected chi connectivity index (χ3v) is 2.48. The summed E-state index contributed by atoms with van der Waals surface area (Å²) in [4.78, 5) is 25.2. The molecule has 0 saturated heterocycles. The number of nitro groups is 1. The van der Waals surface area contributed by atoms with Crippen molar-refractivity contribution < 1.29 is 14.1 Å². The largest absolute Gasteiger partial charge is 0.326 e. The second kappa shape index (κ2) is 5.43. The van der Waals surface area contributed by atoms with Gasteiger partial charge in [0.15, 0.2) is 0 Å². The van der Waals surface area contributed by atoms with Crippen LogP contribution in [0.4, 0.5) is 15.8 Å². The molecule has 2 rings (SSSR count). The molecule has 0 aliphatic carbocycles. The van der Waals surface area contributed by atoms with Gasteiger partial charge in [-0.1, -0.05) is 0 Å². The molecule has 0 saturated carbocycles. The van der Waals surface area contributed by atoms with E-state index in [0.29, 0.717) is 0 Å². The highest BCUT2D eigenvalue weighted by Crippen LogP contribution is 2.28. The molecule has 20 heavy (non-hydrogen) atoms. The quantitative estimate of drug-likeness (QED) is 0.689. The average molecular weight is 275 g/mol. The molecule has 1 N–H and O–H groups in total. The average Bonchev–Trinajstić information content (AvgIpc) is 2.38. The summed E-state index contributed by atoms with van der Waals surface area (Å²) >= 11 is 0. The monoisotopic (exact) mass is 275 g/mol. The standard InChI is InChI=1S/C13H10FN3O3/c1-8(18)16-10-5-9(6-11(7-10)17(19)20)13-12(14)3-2-4-15-13/h2-7H,1H3,(H,16,18). The highest BCUT2D eigenvalue weighted by Gasteiger charge is 2.14. The van der Waals surface area contributed by atoms with E-state index in [-0.39, 0.29) is 28.5 Å². The summed E-state index contributed by atoms with van der Waals surface area (Å²) in [6.45, 7) is 1.28. The van der Waals surface area contributed by atoms with Crippen LogP contribution in [-0.2, 0) is 4.79 Å². The number of hydrogen-bond acceptors (Lipinski definition) is 4. The molecule has 1 heterocycles. The summed E-state index contributed by atoms with van der Waals surface area (Å²) in [7, 11) is 0. The molecule has 0 fully saturated rings. The van der Waals surface area contributed by atoms with Crippen LogP contribution in [0.1, 0.15) is 6.92 Å². The summed E-state index contributed by atoms with van der Waals surface area (Å²) in [6, 6.07) is 6.46. The van der Waals surface area contributed by atoms with E-state index in [1.165, 1.54) is 43.5 Å². The number of aromatic nitrogens is 1. The first-order valence-corrected chi connectivity index (χ1v) is 5.65. The Hall–Kier alpha value is -2.83. The maximum atomic E-state index is 13.7. The number of carbonyl (C=O) groups is 1. The molecule has 7 heteroatoms. The SMILES string of the molecule is CC(=O)Nc1cc(-c2ncccc2F)cc([N+](=O)[O-])c1. The van der Waals surface area contributed by atoms with Gasteiger partial charge in [0.1, 0.15) is 11.5 Å². The summed E-state index contributed by atoms with van der Waals surface area (Å²) in [5.41, 5.74) is 0.173. The summed E-state index contributed by atoms with van der Waals surface area (Å²) in [5.74, 6) is -0.972. The fourth-order valence-corrected chi connectivity index (χ4v) is 1.73. The van der Waals surface area contributed by atoms with Gasteiger partial charge in [0.05, 0.1) is 4.92 Å². The normalized spacial score (nSPS) is 10.1. The minimum Gasteiger partial charge on any atom is -0.326 e. The van der Waals surface area contributed by atoms with Crippen LogP contribution in [-0.4, -0.2) is 15.8 Å². The molecule has 0 bridgehead atoms. The maximum Gasteiger partial charge on any atom is 0.272 e. The number of pyridine rings is 1. The van der Waals surface area contributed by atoms with Crippen LogP contribution in [0.3, 0.4) is 0 Å². The van der Waals surface area contributed by atoms with Gasteiger partial charge in [-0.05, 0) is 18.2 Å². The second-order valence-corrected chi connectivity index (χ2v) is 4.04. The fourth-order valence-electron chi connectivity index (χ4n) is 1.73. The predicted molar refractivity (Wildman–Crippen MR) is 70.6 cm³/mol. The Balaban J connectivity index is 2.58. The lowest BCUT2D eigenvalue weighted by Crippen LogP contribution is -2.06. The van der Waals surface area contributed by atoms with Crippen molar-refractivity contribution in [3.63, 3.8) is 0 Å². The van der Waals surface area contributed by atoms with Crippen LogP contribution in [0.5, 0.6) is 0 Å². The summed E-state index contributed by atoms with van der Waals surface area (Å²) in [5, 5.41) is 13.3. The molecular weight excluding hydrogens is 265 g/mol. The second-order valence-electron chi connectivity index (χ2n) is 4.04. The van der Waals surface area contributed by atoms with Crippen molar-refractivity contribution in [3.05, 3.63) is 52.5 Å². The number of rotatable bonds is 3. The fraction of sp³-hybridized carbons (Fsp3) is 0.0769. The molecule has 1 amide bonds. The first kappa shape index (κ1) is 13.6. The van der Waals surface area contributed by atoms with E-state index in [4.69, 9.17) is 0 Å². The Morgan fingerprint density at radius 1 is 1.40 bits per heavy atom. The van der Waals surface area contributed by atoms with E-state index in [2.05, 4.69) is 10.3 Å². The van der Waals surface area contributed by atoms with E-state index in [1.54, 1.807) is 0 Å². The molecule has 0 aliphatic rings. The van der Waals surface area contributed by atoms with Gasteiger partial charge in [0.2, 0.25) is 5.91 Å². The van der Waals surface area contributed by atoms with Crippen molar-refractivity contribution in [1.29, 1.82) is 0 Å². The Labute approximate surface area is 113 Å². The molecule has 0 atom stereocenters. The van der Waals surface area contributed by atoms with E-state index in [1.807, 2.05) is 0 Å². The predicted octanol–water partition coefficient (Wildman–Crippen LogP) is 2.75. The number of hydrogen-bond donors (Lipinski definition) is 1. The molecule has 0 spiro atoms. The van der Waals surface area contributed by atoms with Crippen molar-refractivity contribution in [3.8, 4) is 11.3 Å². The van der Waals surface area contributed by atoms with Crippen LogP contribution < -0.4 is 5.32 Å². The Bertz CT molecular complexity index is 688. The third-order valence-electron chi connectivity index (χ3n) is 2.48. The van der Waals surface area contributed by atoms with Gasteiger partial charge in [-0.15, -0.1) is 0 Å². The number of benzene rings is 1. The topological polar surface area (TPSA) is 85.1 Å². The van der Waals surface area contributed by atoms with Crippen LogP contribution in [0, 0.1) is 15.9 Å². The number of halogens is 1. The first-order chi connectivity index (χ1) is 9.47. The number of anilines is 1. The van der Waals surface area contributed by atoms with Crippen molar-refractivity contribution >= 4 is 17.3 Å². The summed E-state index contributed by atoms with van der Waals surface area (Å²) < 4.78 is 13.7. The van der Waals surface area contributed by atoms with E-state index in [0.717, 1.165) is 0 Å². The van der Waals surface area contributed by atoms with Gasteiger partial charge in [-0.25, -0.2) is 4.39 Å². The lowest BCUT2D eigenvalue weighted by molar-refractivity contribution is -0.384. The molecule has 0 aliphatic heterocycles. The number of non-ortho nitro benzene ring substituents is 1. The highest BCUT2D eigenvalue weighted by molar-refractivity contribution is 5.90. The molecule has 6 nitrogen and oxygen atoms in total.